The topological polar surface area (TPSA) is 103 Å². The fraction of sp³-hybridized carbons (Fsp3) is 0.160. The van der Waals surface area contributed by atoms with Crippen LogP contribution in [0, 0.1) is 6.92 Å². The molecule has 2 aromatic heterocycles. The van der Waals surface area contributed by atoms with Gasteiger partial charge in [-0.05, 0) is 42.8 Å². The third-order valence-corrected chi connectivity index (χ3v) is 5.10. The van der Waals surface area contributed by atoms with Crippen LogP contribution in [-0.2, 0) is 6.61 Å². The Bertz CT molecular complexity index is 1400. The molecule has 2 N–H and O–H groups in total. The highest BCUT2D eigenvalue weighted by Gasteiger charge is 2.11. The fourth-order valence-corrected chi connectivity index (χ4v) is 3.35. The number of hydrogen-bond donors (Lipinski definition) is 2. The highest BCUT2D eigenvalue weighted by molar-refractivity contribution is 6.00. The molecule has 0 spiro atoms. The van der Waals surface area contributed by atoms with E-state index in [4.69, 9.17) is 14.2 Å². The number of carbonyl (C=O) groups is 1. The number of methoxy groups -OCH3 is 2. The Kier molecular flexibility index (Phi) is 6.63. The number of nitrogens with zero attached hydrogens (tertiary/aromatic N) is 2. The Labute approximate surface area is 195 Å². The molecular weight excluding hydrogens is 436 g/mol. The fourth-order valence-electron chi connectivity index (χ4n) is 3.35. The first-order valence-electron chi connectivity index (χ1n) is 10.5. The van der Waals surface area contributed by atoms with Crippen LogP contribution in [0.4, 0.5) is 16.2 Å². The standard InChI is InChI=1S/C25H24N4O5/c1-16-7-8-17(27-25(31)28-20-10-9-19(32-2)14-22(20)33-3)12-21(16)34-15-18-13-24(30)29-11-5-4-6-23(29)26-18/h4-14H,15H2,1-3H3,(H2,27,28,31). The Morgan fingerprint density at radius 3 is 2.62 bits per heavy atom. The summed E-state index contributed by atoms with van der Waals surface area (Å²) in [6.45, 7) is 2.00. The number of urea groups is 1. The maximum absolute atomic E-state index is 12.5. The molecule has 0 saturated carbocycles. The summed E-state index contributed by atoms with van der Waals surface area (Å²) in [7, 11) is 3.07. The molecule has 2 heterocycles. The maximum Gasteiger partial charge on any atom is 0.323 e. The van der Waals surface area contributed by atoms with Crippen molar-refractivity contribution in [3.05, 3.63) is 88.5 Å². The third kappa shape index (κ3) is 5.09. The van der Waals surface area contributed by atoms with Gasteiger partial charge in [0.1, 0.15) is 29.5 Å². The lowest BCUT2D eigenvalue weighted by molar-refractivity contribution is 0.262. The highest BCUT2D eigenvalue weighted by Crippen LogP contribution is 2.29. The van der Waals surface area contributed by atoms with Crippen molar-refractivity contribution >= 4 is 23.1 Å². The molecule has 0 fully saturated rings. The molecule has 0 aliphatic carbocycles. The number of rotatable bonds is 7. The molecule has 0 saturated heterocycles. The van der Waals surface area contributed by atoms with E-state index < -0.39 is 6.03 Å². The molecule has 174 valence electrons. The normalized spacial score (nSPS) is 10.6. The van der Waals surface area contributed by atoms with Crippen LogP contribution in [-0.4, -0.2) is 29.6 Å². The van der Waals surface area contributed by atoms with E-state index in [9.17, 15) is 9.59 Å². The number of ether oxygens (including phenoxy) is 3. The summed E-state index contributed by atoms with van der Waals surface area (Å²) in [5.41, 5.74) is 2.79. The van der Waals surface area contributed by atoms with Crippen LogP contribution in [0.5, 0.6) is 17.2 Å². The second kappa shape index (κ2) is 9.95. The predicted molar refractivity (Wildman–Crippen MR) is 129 cm³/mol. The molecule has 9 heteroatoms. The molecule has 4 aromatic rings. The van der Waals surface area contributed by atoms with E-state index in [1.807, 2.05) is 19.1 Å². The van der Waals surface area contributed by atoms with Crippen molar-refractivity contribution in [1.29, 1.82) is 0 Å². The average Bonchev–Trinajstić information content (AvgIpc) is 2.84. The minimum absolute atomic E-state index is 0.111. The van der Waals surface area contributed by atoms with E-state index in [0.29, 0.717) is 40.0 Å². The summed E-state index contributed by atoms with van der Waals surface area (Å²) in [5.74, 6) is 1.66. The summed E-state index contributed by atoms with van der Waals surface area (Å²) >= 11 is 0. The highest BCUT2D eigenvalue weighted by atomic mass is 16.5. The first kappa shape index (κ1) is 22.7. The van der Waals surface area contributed by atoms with Gasteiger partial charge in [0.2, 0.25) is 0 Å². The van der Waals surface area contributed by atoms with Gasteiger partial charge in [-0.3, -0.25) is 9.20 Å². The van der Waals surface area contributed by atoms with Crippen LogP contribution in [0.3, 0.4) is 0 Å². The van der Waals surface area contributed by atoms with E-state index >= 15 is 0 Å². The molecule has 2 amide bonds. The van der Waals surface area contributed by atoms with Gasteiger partial charge < -0.3 is 24.8 Å². The molecule has 0 aliphatic rings. The van der Waals surface area contributed by atoms with E-state index in [2.05, 4.69) is 15.6 Å². The van der Waals surface area contributed by atoms with Crippen LogP contribution >= 0.6 is 0 Å². The van der Waals surface area contributed by atoms with E-state index in [1.54, 1.807) is 55.8 Å². The first-order chi connectivity index (χ1) is 16.5. The Hall–Kier alpha value is -4.53. The van der Waals surface area contributed by atoms with Crippen LogP contribution < -0.4 is 30.4 Å². The van der Waals surface area contributed by atoms with Gasteiger partial charge in [-0.25, -0.2) is 9.78 Å². The summed E-state index contributed by atoms with van der Waals surface area (Å²) < 4.78 is 17.9. The van der Waals surface area contributed by atoms with Gasteiger partial charge in [-0.1, -0.05) is 12.1 Å². The molecule has 0 atom stereocenters. The summed E-state index contributed by atoms with van der Waals surface area (Å²) in [5, 5.41) is 5.54. The number of aryl methyl sites for hydroxylation is 1. The van der Waals surface area contributed by atoms with Gasteiger partial charge in [0.25, 0.3) is 5.56 Å². The Morgan fingerprint density at radius 2 is 1.82 bits per heavy atom. The zero-order valence-corrected chi connectivity index (χ0v) is 19.0. The quantitative estimate of drug-likeness (QED) is 0.428. The molecule has 0 bridgehead atoms. The lowest BCUT2D eigenvalue weighted by atomic mass is 10.2. The van der Waals surface area contributed by atoms with Gasteiger partial charge in [0.15, 0.2) is 0 Å². The monoisotopic (exact) mass is 460 g/mol. The number of pyridine rings is 1. The molecule has 0 radical (unpaired) electrons. The van der Waals surface area contributed by atoms with E-state index in [-0.39, 0.29) is 12.2 Å². The van der Waals surface area contributed by atoms with Crippen molar-refractivity contribution < 1.29 is 19.0 Å². The number of nitrogens with one attached hydrogen (secondary N) is 2. The zero-order valence-electron chi connectivity index (χ0n) is 19.0. The lowest BCUT2D eigenvalue weighted by Gasteiger charge is -2.14. The van der Waals surface area contributed by atoms with Crippen molar-refractivity contribution in [2.24, 2.45) is 0 Å². The van der Waals surface area contributed by atoms with Gasteiger partial charge in [0.05, 0.1) is 25.6 Å². The number of aromatic nitrogens is 2. The van der Waals surface area contributed by atoms with Gasteiger partial charge in [0, 0.05) is 30.1 Å². The molecule has 0 aliphatic heterocycles. The predicted octanol–water partition coefficient (Wildman–Crippen LogP) is 4.24. The summed E-state index contributed by atoms with van der Waals surface area (Å²) in [6.07, 6.45) is 1.67. The summed E-state index contributed by atoms with van der Waals surface area (Å²) in [6, 6.07) is 16.8. The minimum atomic E-state index is -0.442. The summed E-state index contributed by atoms with van der Waals surface area (Å²) in [4.78, 5) is 29.3. The second-order valence-electron chi connectivity index (χ2n) is 7.43. The Morgan fingerprint density at radius 1 is 0.971 bits per heavy atom. The average molecular weight is 460 g/mol. The second-order valence-corrected chi connectivity index (χ2v) is 7.43. The Balaban J connectivity index is 1.45. The smallest absolute Gasteiger partial charge is 0.323 e. The molecule has 0 unspecified atom stereocenters. The zero-order chi connectivity index (χ0) is 24.1. The number of fused-ring (bicyclic) bond motifs is 1. The van der Waals surface area contributed by atoms with Crippen LogP contribution in [0.1, 0.15) is 11.3 Å². The van der Waals surface area contributed by atoms with Crippen LogP contribution in [0.2, 0.25) is 0 Å². The maximum atomic E-state index is 12.5. The van der Waals surface area contributed by atoms with Crippen molar-refractivity contribution in [3.63, 3.8) is 0 Å². The van der Waals surface area contributed by atoms with Crippen molar-refractivity contribution in [3.8, 4) is 17.2 Å². The number of amides is 2. The van der Waals surface area contributed by atoms with Crippen LogP contribution in [0.25, 0.3) is 5.65 Å². The van der Waals surface area contributed by atoms with Crippen molar-refractivity contribution in [1.82, 2.24) is 9.38 Å². The van der Waals surface area contributed by atoms with E-state index in [1.165, 1.54) is 17.6 Å². The molecule has 9 nitrogen and oxygen atoms in total. The van der Waals surface area contributed by atoms with Crippen molar-refractivity contribution in [2.45, 2.75) is 13.5 Å². The molecule has 4 rings (SSSR count). The number of benzene rings is 2. The lowest BCUT2D eigenvalue weighted by Crippen LogP contribution is -2.20. The van der Waals surface area contributed by atoms with Gasteiger partial charge in [-0.2, -0.15) is 0 Å². The number of anilines is 2. The largest absolute Gasteiger partial charge is 0.497 e. The van der Waals surface area contributed by atoms with Gasteiger partial charge >= 0.3 is 6.03 Å². The molecule has 2 aromatic carbocycles. The van der Waals surface area contributed by atoms with Gasteiger partial charge in [-0.15, -0.1) is 0 Å². The number of carbonyl (C=O) groups excluding carboxylic acids is 1. The first-order valence-corrected chi connectivity index (χ1v) is 10.5. The minimum Gasteiger partial charge on any atom is -0.497 e. The number of hydrogen-bond acceptors (Lipinski definition) is 6. The SMILES string of the molecule is COc1ccc(NC(=O)Nc2ccc(C)c(OCc3cc(=O)n4ccccc4n3)c2)c(OC)c1. The van der Waals surface area contributed by atoms with E-state index in [0.717, 1.165) is 5.56 Å². The third-order valence-electron chi connectivity index (χ3n) is 5.10. The van der Waals surface area contributed by atoms with Crippen LogP contribution in [0.15, 0.2) is 71.7 Å². The van der Waals surface area contributed by atoms with Crippen molar-refractivity contribution in [2.75, 3.05) is 24.9 Å². The molecular formula is C25H24N4O5. The molecule has 34 heavy (non-hydrogen) atoms.